The number of hydrogen-bond acceptors (Lipinski definition) is 3. The van der Waals surface area contributed by atoms with Crippen molar-refractivity contribution in [2.24, 2.45) is 11.1 Å². The Kier molecular flexibility index (Phi) is 7.07. The summed E-state index contributed by atoms with van der Waals surface area (Å²) in [6.07, 6.45) is 3.40. The zero-order valence-corrected chi connectivity index (χ0v) is 14.4. The van der Waals surface area contributed by atoms with Crippen molar-refractivity contribution in [3.05, 3.63) is 35.9 Å². The monoisotopic (exact) mass is 294 g/mol. The van der Waals surface area contributed by atoms with Crippen LogP contribution in [0.25, 0.3) is 0 Å². The van der Waals surface area contributed by atoms with E-state index in [1.807, 2.05) is 17.8 Å². The third-order valence-corrected chi connectivity index (χ3v) is 4.79. The van der Waals surface area contributed by atoms with Crippen LogP contribution in [0.5, 0.6) is 0 Å². The SMILES string of the molecule is CSCCC(C)N(C)CC(C)(C)C(N)c1ccccc1. The van der Waals surface area contributed by atoms with E-state index in [2.05, 4.69) is 63.2 Å². The summed E-state index contributed by atoms with van der Waals surface area (Å²) < 4.78 is 0. The van der Waals surface area contributed by atoms with Crippen LogP contribution in [0.2, 0.25) is 0 Å². The first-order chi connectivity index (χ1) is 9.38. The fourth-order valence-corrected chi connectivity index (χ4v) is 3.09. The second-order valence-electron chi connectivity index (χ2n) is 6.42. The van der Waals surface area contributed by atoms with Crippen LogP contribution in [-0.4, -0.2) is 36.5 Å². The van der Waals surface area contributed by atoms with Crippen LogP contribution in [0.3, 0.4) is 0 Å². The van der Waals surface area contributed by atoms with E-state index in [0.29, 0.717) is 6.04 Å². The molecule has 0 aliphatic carbocycles. The van der Waals surface area contributed by atoms with Gasteiger partial charge < -0.3 is 10.6 Å². The molecule has 3 heteroatoms. The van der Waals surface area contributed by atoms with E-state index in [4.69, 9.17) is 5.73 Å². The molecule has 0 aromatic heterocycles. The van der Waals surface area contributed by atoms with Crippen LogP contribution in [0.4, 0.5) is 0 Å². The molecule has 0 saturated heterocycles. The Labute approximate surface area is 129 Å². The van der Waals surface area contributed by atoms with Crippen molar-refractivity contribution < 1.29 is 0 Å². The lowest BCUT2D eigenvalue weighted by Gasteiger charge is -2.38. The van der Waals surface area contributed by atoms with Gasteiger partial charge in [-0.1, -0.05) is 44.2 Å². The Morgan fingerprint density at radius 3 is 2.40 bits per heavy atom. The first kappa shape index (κ1) is 17.5. The molecule has 2 atom stereocenters. The van der Waals surface area contributed by atoms with Crippen LogP contribution in [-0.2, 0) is 0 Å². The third-order valence-electron chi connectivity index (χ3n) is 4.15. The van der Waals surface area contributed by atoms with Gasteiger partial charge in [-0.2, -0.15) is 11.8 Å². The van der Waals surface area contributed by atoms with Gasteiger partial charge in [-0.15, -0.1) is 0 Å². The first-order valence-electron chi connectivity index (χ1n) is 7.38. The molecular formula is C17H30N2S. The predicted octanol–water partition coefficient (Wildman–Crippen LogP) is 3.79. The van der Waals surface area contributed by atoms with Gasteiger partial charge >= 0.3 is 0 Å². The molecule has 0 aliphatic rings. The largest absolute Gasteiger partial charge is 0.323 e. The Bertz CT molecular complexity index is 378. The minimum absolute atomic E-state index is 0.0592. The third kappa shape index (κ3) is 5.12. The minimum atomic E-state index is 0.0592. The second-order valence-corrected chi connectivity index (χ2v) is 7.41. The summed E-state index contributed by atoms with van der Waals surface area (Å²) in [7, 11) is 2.21. The molecule has 1 aromatic rings. The van der Waals surface area contributed by atoms with Crippen molar-refractivity contribution in [1.29, 1.82) is 0 Å². The van der Waals surface area contributed by atoms with Crippen molar-refractivity contribution >= 4 is 11.8 Å². The zero-order chi connectivity index (χ0) is 15.2. The minimum Gasteiger partial charge on any atom is -0.323 e. The van der Waals surface area contributed by atoms with E-state index < -0.39 is 0 Å². The topological polar surface area (TPSA) is 29.3 Å². The van der Waals surface area contributed by atoms with Gasteiger partial charge in [0, 0.05) is 18.6 Å². The molecule has 2 N–H and O–H groups in total. The molecule has 20 heavy (non-hydrogen) atoms. The number of nitrogens with zero attached hydrogens (tertiary/aromatic N) is 1. The molecule has 0 aliphatic heterocycles. The summed E-state index contributed by atoms with van der Waals surface area (Å²) in [5, 5.41) is 0. The lowest BCUT2D eigenvalue weighted by molar-refractivity contribution is 0.143. The van der Waals surface area contributed by atoms with Gasteiger partial charge in [0.15, 0.2) is 0 Å². The summed E-state index contributed by atoms with van der Waals surface area (Å²) in [4.78, 5) is 2.44. The maximum absolute atomic E-state index is 6.49. The van der Waals surface area contributed by atoms with Crippen molar-refractivity contribution in [3.63, 3.8) is 0 Å². The number of nitrogens with two attached hydrogens (primary N) is 1. The molecule has 0 heterocycles. The molecule has 0 bridgehead atoms. The van der Waals surface area contributed by atoms with E-state index in [-0.39, 0.29) is 11.5 Å². The van der Waals surface area contributed by atoms with E-state index in [0.717, 1.165) is 6.54 Å². The molecule has 0 spiro atoms. The number of hydrogen-bond donors (Lipinski definition) is 1. The lowest BCUT2D eigenvalue weighted by Crippen LogP contribution is -2.42. The molecule has 0 radical (unpaired) electrons. The van der Waals surface area contributed by atoms with Gasteiger partial charge in [0.05, 0.1) is 0 Å². The summed E-state index contributed by atoms with van der Waals surface area (Å²) in [6, 6.07) is 11.1. The van der Waals surface area contributed by atoms with Gasteiger partial charge in [-0.05, 0) is 43.4 Å². The highest BCUT2D eigenvalue weighted by atomic mass is 32.2. The van der Waals surface area contributed by atoms with Crippen molar-refractivity contribution in [3.8, 4) is 0 Å². The fraction of sp³-hybridized carbons (Fsp3) is 0.647. The zero-order valence-electron chi connectivity index (χ0n) is 13.6. The molecule has 0 amide bonds. The van der Waals surface area contributed by atoms with Crippen LogP contribution < -0.4 is 5.73 Å². The van der Waals surface area contributed by atoms with Crippen molar-refractivity contribution in [2.45, 2.75) is 39.3 Å². The molecule has 2 unspecified atom stereocenters. The summed E-state index contributed by atoms with van der Waals surface area (Å²) in [5.41, 5.74) is 7.77. The van der Waals surface area contributed by atoms with Gasteiger partial charge in [-0.25, -0.2) is 0 Å². The number of thioether (sulfide) groups is 1. The second kappa shape index (κ2) is 8.06. The summed E-state index contributed by atoms with van der Waals surface area (Å²) in [6.45, 7) is 7.85. The maximum atomic E-state index is 6.49. The van der Waals surface area contributed by atoms with Gasteiger partial charge in [-0.3, -0.25) is 0 Å². The van der Waals surface area contributed by atoms with Crippen LogP contribution in [0, 0.1) is 5.41 Å². The van der Waals surface area contributed by atoms with E-state index >= 15 is 0 Å². The molecule has 0 fully saturated rings. The lowest BCUT2D eigenvalue weighted by atomic mass is 9.80. The Balaban J connectivity index is 2.64. The summed E-state index contributed by atoms with van der Waals surface area (Å²) in [5.74, 6) is 1.22. The highest BCUT2D eigenvalue weighted by molar-refractivity contribution is 7.98. The number of rotatable bonds is 8. The normalized spacial score (nSPS) is 15.3. The van der Waals surface area contributed by atoms with Crippen LogP contribution in [0.15, 0.2) is 30.3 Å². The average Bonchev–Trinajstić information content (AvgIpc) is 2.44. The van der Waals surface area contributed by atoms with Crippen molar-refractivity contribution in [2.75, 3.05) is 25.6 Å². The highest BCUT2D eigenvalue weighted by Crippen LogP contribution is 2.32. The van der Waals surface area contributed by atoms with E-state index in [1.165, 1.54) is 17.7 Å². The van der Waals surface area contributed by atoms with Crippen LogP contribution in [0.1, 0.15) is 38.8 Å². The smallest absolute Gasteiger partial charge is 0.0359 e. The summed E-state index contributed by atoms with van der Waals surface area (Å²) >= 11 is 1.92. The van der Waals surface area contributed by atoms with Crippen LogP contribution >= 0.6 is 11.8 Å². The predicted molar refractivity (Wildman–Crippen MR) is 92.2 cm³/mol. The molecular weight excluding hydrogens is 264 g/mol. The quantitative estimate of drug-likeness (QED) is 0.791. The Hall–Kier alpha value is -0.510. The first-order valence-corrected chi connectivity index (χ1v) is 8.77. The molecule has 0 saturated carbocycles. The standard InChI is InChI=1S/C17H30N2S/c1-14(11-12-20-5)19(4)13-17(2,3)16(18)15-9-7-6-8-10-15/h6-10,14,16H,11-13,18H2,1-5H3. The molecule has 2 nitrogen and oxygen atoms in total. The van der Waals surface area contributed by atoms with E-state index in [9.17, 15) is 0 Å². The number of benzene rings is 1. The van der Waals surface area contributed by atoms with E-state index in [1.54, 1.807) is 0 Å². The highest BCUT2D eigenvalue weighted by Gasteiger charge is 2.30. The van der Waals surface area contributed by atoms with Crippen molar-refractivity contribution in [1.82, 2.24) is 4.90 Å². The van der Waals surface area contributed by atoms with Gasteiger partial charge in [0.1, 0.15) is 0 Å². The maximum Gasteiger partial charge on any atom is 0.0359 e. The Morgan fingerprint density at radius 2 is 1.85 bits per heavy atom. The molecule has 114 valence electrons. The molecule has 1 aromatic carbocycles. The molecule has 1 rings (SSSR count). The average molecular weight is 295 g/mol. The fourth-order valence-electron chi connectivity index (χ4n) is 2.52. The van der Waals surface area contributed by atoms with Gasteiger partial charge in [0.25, 0.3) is 0 Å². The Morgan fingerprint density at radius 1 is 1.25 bits per heavy atom. The van der Waals surface area contributed by atoms with Gasteiger partial charge in [0.2, 0.25) is 0 Å².